The molecule has 1 heterocycles. The normalized spacial score (nSPS) is 17.5. The SMILES string of the molecule is CCOC(=O)NC1CCCN(C(=O)C(Oc2ccccc2)c2ccccc2)C1. The Morgan fingerprint density at radius 1 is 1.11 bits per heavy atom. The molecule has 1 aliphatic heterocycles. The van der Waals surface area contributed by atoms with Gasteiger partial charge in [-0.2, -0.15) is 0 Å². The van der Waals surface area contributed by atoms with Crippen LogP contribution in [0.15, 0.2) is 60.7 Å². The predicted octanol–water partition coefficient (Wildman–Crippen LogP) is 3.54. The van der Waals surface area contributed by atoms with Crippen LogP contribution < -0.4 is 10.1 Å². The minimum atomic E-state index is -0.732. The van der Waals surface area contributed by atoms with E-state index in [2.05, 4.69) is 5.32 Å². The number of nitrogens with one attached hydrogen (secondary N) is 1. The van der Waals surface area contributed by atoms with Crippen LogP contribution in [0.25, 0.3) is 0 Å². The van der Waals surface area contributed by atoms with Crippen molar-refractivity contribution in [1.82, 2.24) is 10.2 Å². The lowest BCUT2D eigenvalue weighted by atomic mass is 10.0. The van der Waals surface area contributed by atoms with Crippen LogP contribution in [-0.2, 0) is 9.53 Å². The molecular formula is C22H26N2O4. The maximum absolute atomic E-state index is 13.3. The van der Waals surface area contributed by atoms with Crippen LogP contribution in [0, 0.1) is 0 Å². The van der Waals surface area contributed by atoms with Crippen molar-refractivity contribution in [1.29, 1.82) is 0 Å². The molecule has 2 atom stereocenters. The molecule has 6 heteroatoms. The number of amides is 2. The molecule has 0 saturated carbocycles. The van der Waals surface area contributed by atoms with Gasteiger partial charge < -0.3 is 19.7 Å². The van der Waals surface area contributed by atoms with Crippen LogP contribution in [0.5, 0.6) is 5.75 Å². The molecule has 2 aromatic carbocycles. The Bertz CT molecular complexity index is 767. The average molecular weight is 382 g/mol. The van der Waals surface area contributed by atoms with Crippen molar-refractivity contribution in [3.63, 3.8) is 0 Å². The lowest BCUT2D eigenvalue weighted by Crippen LogP contribution is -2.51. The number of ether oxygens (including phenoxy) is 2. The number of piperidine rings is 1. The summed E-state index contributed by atoms with van der Waals surface area (Å²) in [6, 6.07) is 18.7. The summed E-state index contributed by atoms with van der Waals surface area (Å²) in [5.41, 5.74) is 0.803. The Labute approximate surface area is 165 Å². The van der Waals surface area contributed by atoms with E-state index in [9.17, 15) is 9.59 Å². The summed E-state index contributed by atoms with van der Waals surface area (Å²) in [4.78, 5) is 26.8. The maximum atomic E-state index is 13.3. The van der Waals surface area contributed by atoms with Crippen LogP contribution >= 0.6 is 0 Å². The van der Waals surface area contributed by atoms with Crippen molar-refractivity contribution < 1.29 is 19.1 Å². The van der Waals surface area contributed by atoms with E-state index in [0.29, 0.717) is 25.4 Å². The first-order valence-electron chi connectivity index (χ1n) is 9.66. The van der Waals surface area contributed by atoms with E-state index in [1.165, 1.54) is 0 Å². The summed E-state index contributed by atoms with van der Waals surface area (Å²) < 4.78 is 11.0. The molecule has 2 amide bonds. The number of rotatable bonds is 6. The molecule has 1 fully saturated rings. The van der Waals surface area contributed by atoms with Gasteiger partial charge in [-0.15, -0.1) is 0 Å². The molecule has 0 aromatic heterocycles. The van der Waals surface area contributed by atoms with E-state index in [4.69, 9.17) is 9.47 Å². The van der Waals surface area contributed by atoms with Gasteiger partial charge in [0.2, 0.25) is 6.10 Å². The molecule has 1 aliphatic rings. The smallest absolute Gasteiger partial charge is 0.407 e. The Kier molecular flexibility index (Phi) is 6.89. The molecule has 0 bridgehead atoms. The third-order valence-corrected chi connectivity index (χ3v) is 4.65. The highest BCUT2D eigenvalue weighted by atomic mass is 16.5. The van der Waals surface area contributed by atoms with Gasteiger partial charge in [-0.1, -0.05) is 48.5 Å². The van der Waals surface area contributed by atoms with Crippen molar-refractivity contribution in [3.8, 4) is 5.75 Å². The minimum Gasteiger partial charge on any atom is -0.476 e. The number of hydrogen-bond donors (Lipinski definition) is 1. The van der Waals surface area contributed by atoms with Crippen molar-refractivity contribution in [2.75, 3.05) is 19.7 Å². The number of nitrogens with zero attached hydrogens (tertiary/aromatic N) is 1. The van der Waals surface area contributed by atoms with Gasteiger partial charge in [0.25, 0.3) is 5.91 Å². The Morgan fingerprint density at radius 3 is 2.46 bits per heavy atom. The minimum absolute atomic E-state index is 0.106. The monoisotopic (exact) mass is 382 g/mol. The van der Waals surface area contributed by atoms with Crippen LogP contribution in [0.1, 0.15) is 31.4 Å². The topological polar surface area (TPSA) is 67.9 Å². The number of likely N-dealkylation sites (tertiary alicyclic amines) is 1. The van der Waals surface area contributed by atoms with Crippen LogP contribution in [0.4, 0.5) is 4.79 Å². The molecule has 0 spiro atoms. The summed E-state index contributed by atoms with van der Waals surface area (Å²) in [5.74, 6) is 0.535. The van der Waals surface area contributed by atoms with Gasteiger partial charge in [0.15, 0.2) is 0 Å². The largest absolute Gasteiger partial charge is 0.476 e. The zero-order valence-corrected chi connectivity index (χ0v) is 16.0. The molecule has 1 N–H and O–H groups in total. The summed E-state index contributed by atoms with van der Waals surface area (Å²) in [5, 5.41) is 2.84. The molecule has 3 rings (SSSR count). The standard InChI is InChI=1S/C22H26N2O4/c1-2-27-22(26)23-18-12-9-15-24(16-18)21(25)20(17-10-5-3-6-11-17)28-19-13-7-4-8-14-19/h3-8,10-11,13-14,18,20H,2,9,12,15-16H2,1H3,(H,23,26). The molecule has 6 nitrogen and oxygen atoms in total. The number of alkyl carbamates (subject to hydrolysis) is 1. The van der Waals surface area contributed by atoms with E-state index in [1.807, 2.05) is 60.7 Å². The quantitative estimate of drug-likeness (QED) is 0.830. The Hall–Kier alpha value is -3.02. The molecule has 0 aliphatic carbocycles. The van der Waals surface area contributed by atoms with Crippen molar-refractivity contribution in [2.24, 2.45) is 0 Å². The predicted molar refractivity (Wildman–Crippen MR) is 106 cm³/mol. The maximum Gasteiger partial charge on any atom is 0.407 e. The van der Waals surface area contributed by atoms with E-state index in [-0.39, 0.29) is 11.9 Å². The van der Waals surface area contributed by atoms with Gasteiger partial charge in [-0.25, -0.2) is 4.79 Å². The molecule has 1 saturated heterocycles. The highest BCUT2D eigenvalue weighted by Gasteiger charge is 2.32. The first-order valence-corrected chi connectivity index (χ1v) is 9.66. The second-order valence-corrected chi connectivity index (χ2v) is 6.71. The number of benzene rings is 2. The van der Waals surface area contributed by atoms with E-state index in [1.54, 1.807) is 11.8 Å². The van der Waals surface area contributed by atoms with Gasteiger partial charge in [0, 0.05) is 24.7 Å². The second kappa shape index (κ2) is 9.78. The van der Waals surface area contributed by atoms with E-state index >= 15 is 0 Å². The van der Waals surface area contributed by atoms with E-state index in [0.717, 1.165) is 18.4 Å². The zero-order chi connectivity index (χ0) is 19.8. The van der Waals surface area contributed by atoms with E-state index < -0.39 is 12.2 Å². The van der Waals surface area contributed by atoms with Crippen molar-refractivity contribution in [3.05, 3.63) is 66.2 Å². The van der Waals surface area contributed by atoms with Gasteiger partial charge in [0.1, 0.15) is 5.75 Å². The van der Waals surface area contributed by atoms with Gasteiger partial charge in [0.05, 0.1) is 6.61 Å². The first kappa shape index (κ1) is 19.7. The van der Waals surface area contributed by atoms with Crippen LogP contribution in [-0.4, -0.2) is 42.6 Å². The third-order valence-electron chi connectivity index (χ3n) is 4.65. The Balaban J connectivity index is 1.74. The molecule has 2 unspecified atom stereocenters. The van der Waals surface area contributed by atoms with Gasteiger partial charge >= 0.3 is 6.09 Å². The highest BCUT2D eigenvalue weighted by molar-refractivity contribution is 5.83. The van der Waals surface area contributed by atoms with Crippen molar-refractivity contribution >= 4 is 12.0 Å². The molecule has 28 heavy (non-hydrogen) atoms. The average Bonchev–Trinajstić information content (AvgIpc) is 2.73. The summed E-state index contributed by atoms with van der Waals surface area (Å²) in [6.07, 6.45) is 0.459. The number of hydrogen-bond acceptors (Lipinski definition) is 4. The Morgan fingerprint density at radius 2 is 1.79 bits per heavy atom. The van der Waals surface area contributed by atoms with Crippen LogP contribution in [0.3, 0.4) is 0 Å². The summed E-state index contributed by atoms with van der Waals surface area (Å²) >= 11 is 0. The number of carbonyl (C=O) groups excluding carboxylic acids is 2. The van der Waals surface area contributed by atoms with Gasteiger partial charge in [-0.3, -0.25) is 4.79 Å². The zero-order valence-electron chi connectivity index (χ0n) is 16.0. The fourth-order valence-corrected chi connectivity index (χ4v) is 3.32. The number of para-hydroxylation sites is 1. The van der Waals surface area contributed by atoms with Crippen molar-refractivity contribution in [2.45, 2.75) is 31.9 Å². The van der Waals surface area contributed by atoms with Crippen LogP contribution in [0.2, 0.25) is 0 Å². The fourth-order valence-electron chi connectivity index (χ4n) is 3.32. The summed E-state index contributed by atoms with van der Waals surface area (Å²) in [6.45, 7) is 3.17. The fraction of sp³-hybridized carbons (Fsp3) is 0.364. The lowest BCUT2D eigenvalue weighted by Gasteiger charge is -2.35. The summed E-state index contributed by atoms with van der Waals surface area (Å²) in [7, 11) is 0. The number of carbonyl (C=O) groups is 2. The first-order chi connectivity index (χ1) is 13.7. The highest BCUT2D eigenvalue weighted by Crippen LogP contribution is 2.25. The lowest BCUT2D eigenvalue weighted by molar-refractivity contribution is -0.140. The second-order valence-electron chi connectivity index (χ2n) is 6.71. The molecular weight excluding hydrogens is 356 g/mol. The third kappa shape index (κ3) is 5.25. The van der Waals surface area contributed by atoms with Gasteiger partial charge in [-0.05, 0) is 31.9 Å². The molecule has 148 valence electrons. The molecule has 2 aromatic rings. The molecule has 0 radical (unpaired) electrons.